The Morgan fingerprint density at radius 2 is 1.92 bits per heavy atom. The fourth-order valence-corrected chi connectivity index (χ4v) is 2.19. The van der Waals surface area contributed by atoms with E-state index in [2.05, 4.69) is 26.0 Å². The van der Waals surface area contributed by atoms with E-state index < -0.39 is 6.04 Å². The second-order valence-corrected chi connectivity index (χ2v) is 5.46. The average Bonchev–Trinajstić information content (AvgIpc) is 2.63. The van der Waals surface area contributed by atoms with Gasteiger partial charge in [0.15, 0.2) is 0 Å². The van der Waals surface area contributed by atoms with Gasteiger partial charge < -0.3 is 26.0 Å². The van der Waals surface area contributed by atoms with Crippen molar-refractivity contribution in [2.75, 3.05) is 25.5 Å². The molecule has 0 saturated carbocycles. The predicted molar refractivity (Wildman–Crippen MR) is 95.1 cm³/mol. The van der Waals surface area contributed by atoms with Gasteiger partial charge in [0, 0.05) is 12.2 Å². The molecule has 9 nitrogen and oxygen atoms in total. The van der Waals surface area contributed by atoms with Crippen LogP contribution in [0.3, 0.4) is 0 Å². The number of benzene rings is 1. The van der Waals surface area contributed by atoms with E-state index in [0.29, 0.717) is 38.0 Å². The smallest absolute Gasteiger partial charge is 0.293 e. The Hall–Kier alpha value is -2.94. The van der Waals surface area contributed by atoms with Crippen molar-refractivity contribution in [3.05, 3.63) is 29.8 Å². The molecule has 1 aromatic rings. The van der Waals surface area contributed by atoms with Crippen LogP contribution in [-0.2, 0) is 30.5 Å². The number of rotatable bonds is 13. The molecule has 0 bridgehead atoms. The van der Waals surface area contributed by atoms with E-state index in [-0.39, 0.29) is 25.0 Å². The van der Waals surface area contributed by atoms with Gasteiger partial charge in [-0.3, -0.25) is 19.2 Å². The molecule has 142 valence electrons. The zero-order valence-electron chi connectivity index (χ0n) is 14.6. The molecule has 0 aliphatic rings. The van der Waals surface area contributed by atoms with Gasteiger partial charge in [0.2, 0.25) is 18.2 Å². The van der Waals surface area contributed by atoms with Crippen LogP contribution in [0.4, 0.5) is 5.69 Å². The Bertz CT molecular complexity index is 591. The number of anilines is 1. The van der Waals surface area contributed by atoms with Crippen LogP contribution < -0.4 is 21.3 Å². The van der Waals surface area contributed by atoms with Crippen molar-refractivity contribution in [3.63, 3.8) is 0 Å². The standard InChI is InChI=1S/C17H24N4O5/c1-18-9-16(24)21-15(3-2-8-19-11-22)17(25)20-14-6-4-13(5-7-14)10-26-12-23/h4-7,11-12,15,18H,2-3,8-10H2,1H3,(H,19,22)(H,20,25)(H,21,24). The summed E-state index contributed by atoms with van der Waals surface area (Å²) in [7, 11) is 1.64. The Kier molecular flexibility index (Phi) is 10.1. The van der Waals surface area contributed by atoms with Crippen LogP contribution in [0, 0.1) is 0 Å². The lowest BCUT2D eigenvalue weighted by Crippen LogP contribution is -2.46. The zero-order valence-corrected chi connectivity index (χ0v) is 14.6. The molecular weight excluding hydrogens is 340 g/mol. The molecule has 26 heavy (non-hydrogen) atoms. The first kappa shape index (κ1) is 21.1. The van der Waals surface area contributed by atoms with Gasteiger partial charge in [0.05, 0.1) is 6.54 Å². The number of amides is 3. The zero-order chi connectivity index (χ0) is 19.2. The topological polar surface area (TPSA) is 126 Å². The first-order chi connectivity index (χ1) is 12.6. The third kappa shape index (κ3) is 8.25. The van der Waals surface area contributed by atoms with Crippen molar-refractivity contribution in [1.29, 1.82) is 0 Å². The van der Waals surface area contributed by atoms with Crippen LogP contribution in [0.25, 0.3) is 0 Å². The Labute approximate surface area is 151 Å². The second kappa shape index (κ2) is 12.4. The highest BCUT2D eigenvalue weighted by atomic mass is 16.5. The fraction of sp³-hybridized carbons (Fsp3) is 0.412. The number of hydrogen-bond donors (Lipinski definition) is 4. The molecule has 0 fully saturated rings. The largest absolute Gasteiger partial charge is 0.463 e. The van der Waals surface area contributed by atoms with Crippen LogP contribution in [0.5, 0.6) is 0 Å². The quantitative estimate of drug-likeness (QED) is 0.277. The van der Waals surface area contributed by atoms with E-state index in [4.69, 9.17) is 0 Å². The first-order valence-corrected chi connectivity index (χ1v) is 8.16. The minimum Gasteiger partial charge on any atom is -0.463 e. The molecule has 1 rings (SSSR count). The maximum atomic E-state index is 12.5. The number of ether oxygens (including phenoxy) is 1. The molecule has 0 aliphatic carbocycles. The molecule has 1 atom stereocenters. The van der Waals surface area contributed by atoms with E-state index in [1.165, 1.54) is 0 Å². The van der Waals surface area contributed by atoms with Gasteiger partial charge in [-0.2, -0.15) is 0 Å². The van der Waals surface area contributed by atoms with Gasteiger partial charge >= 0.3 is 0 Å². The van der Waals surface area contributed by atoms with Gasteiger partial charge in [-0.15, -0.1) is 0 Å². The minimum absolute atomic E-state index is 0.0990. The molecule has 0 heterocycles. The number of nitrogens with one attached hydrogen (secondary N) is 4. The molecule has 1 aromatic carbocycles. The summed E-state index contributed by atoms with van der Waals surface area (Å²) >= 11 is 0. The normalized spacial score (nSPS) is 11.1. The van der Waals surface area contributed by atoms with Crippen molar-refractivity contribution >= 4 is 30.4 Å². The molecule has 0 saturated heterocycles. The number of carbonyl (C=O) groups is 4. The van der Waals surface area contributed by atoms with Crippen LogP contribution in [0.2, 0.25) is 0 Å². The molecule has 1 unspecified atom stereocenters. The van der Waals surface area contributed by atoms with Crippen LogP contribution in [0.15, 0.2) is 24.3 Å². The lowest BCUT2D eigenvalue weighted by molar-refractivity contribution is -0.129. The molecule has 4 N–H and O–H groups in total. The van der Waals surface area contributed by atoms with E-state index in [1.54, 1.807) is 31.3 Å². The molecule has 0 aromatic heterocycles. The minimum atomic E-state index is -0.720. The second-order valence-electron chi connectivity index (χ2n) is 5.46. The average molecular weight is 364 g/mol. The van der Waals surface area contributed by atoms with Gasteiger partial charge in [0.25, 0.3) is 6.47 Å². The molecule has 9 heteroatoms. The van der Waals surface area contributed by atoms with Gasteiger partial charge in [-0.1, -0.05) is 12.1 Å². The Balaban J connectivity index is 2.65. The van der Waals surface area contributed by atoms with E-state index in [1.807, 2.05) is 0 Å². The fourth-order valence-electron chi connectivity index (χ4n) is 2.19. The van der Waals surface area contributed by atoms with Crippen molar-refractivity contribution in [3.8, 4) is 0 Å². The maximum Gasteiger partial charge on any atom is 0.293 e. The first-order valence-electron chi connectivity index (χ1n) is 8.16. The lowest BCUT2D eigenvalue weighted by atomic mass is 10.1. The van der Waals surface area contributed by atoms with Crippen LogP contribution >= 0.6 is 0 Å². The summed E-state index contributed by atoms with van der Waals surface area (Å²) in [6.45, 7) is 1.04. The Morgan fingerprint density at radius 1 is 1.19 bits per heavy atom. The molecule has 0 aliphatic heterocycles. The van der Waals surface area contributed by atoms with Gasteiger partial charge in [-0.05, 0) is 37.6 Å². The third-order valence-electron chi connectivity index (χ3n) is 3.43. The molecule has 0 radical (unpaired) electrons. The van der Waals surface area contributed by atoms with E-state index >= 15 is 0 Å². The van der Waals surface area contributed by atoms with E-state index in [0.717, 1.165) is 5.56 Å². The maximum absolute atomic E-state index is 12.5. The summed E-state index contributed by atoms with van der Waals surface area (Å²) in [5.41, 5.74) is 1.35. The SMILES string of the molecule is CNCC(=O)NC(CCCNC=O)C(=O)Nc1ccc(COC=O)cc1. The number of carbonyl (C=O) groups excluding carboxylic acids is 4. The van der Waals surface area contributed by atoms with Crippen molar-refractivity contribution in [2.24, 2.45) is 0 Å². The molecular formula is C17H24N4O5. The summed E-state index contributed by atoms with van der Waals surface area (Å²) in [5.74, 6) is -0.644. The van der Waals surface area contributed by atoms with Crippen molar-refractivity contribution in [1.82, 2.24) is 16.0 Å². The summed E-state index contributed by atoms with van der Waals surface area (Å²) in [6, 6.07) is 6.09. The summed E-state index contributed by atoms with van der Waals surface area (Å²) < 4.78 is 4.66. The van der Waals surface area contributed by atoms with Crippen LogP contribution in [0.1, 0.15) is 18.4 Å². The number of likely N-dealkylation sites (N-methyl/N-ethyl adjacent to an activating group) is 1. The van der Waals surface area contributed by atoms with Crippen LogP contribution in [-0.4, -0.2) is 50.9 Å². The summed E-state index contributed by atoms with van der Waals surface area (Å²) in [4.78, 5) is 44.7. The highest BCUT2D eigenvalue weighted by Gasteiger charge is 2.20. The summed E-state index contributed by atoms with van der Waals surface area (Å²) in [6.07, 6.45) is 1.51. The van der Waals surface area contributed by atoms with Gasteiger partial charge in [0.1, 0.15) is 12.6 Å². The summed E-state index contributed by atoms with van der Waals surface area (Å²) in [5, 5.41) is 10.6. The highest BCUT2D eigenvalue weighted by Crippen LogP contribution is 2.11. The Morgan fingerprint density at radius 3 is 2.54 bits per heavy atom. The van der Waals surface area contributed by atoms with E-state index in [9.17, 15) is 19.2 Å². The molecule has 0 spiro atoms. The van der Waals surface area contributed by atoms with Crippen molar-refractivity contribution in [2.45, 2.75) is 25.5 Å². The third-order valence-corrected chi connectivity index (χ3v) is 3.43. The number of hydrogen-bond acceptors (Lipinski definition) is 6. The predicted octanol–water partition coefficient (Wildman–Crippen LogP) is -0.471. The molecule has 3 amide bonds. The highest BCUT2D eigenvalue weighted by molar-refractivity contribution is 5.97. The lowest BCUT2D eigenvalue weighted by Gasteiger charge is -2.18. The van der Waals surface area contributed by atoms with Crippen molar-refractivity contribution < 1.29 is 23.9 Å². The monoisotopic (exact) mass is 364 g/mol. The van der Waals surface area contributed by atoms with Gasteiger partial charge in [-0.25, -0.2) is 0 Å².